The molecule has 0 aliphatic rings. The number of anilines is 2. The van der Waals surface area contributed by atoms with Crippen LogP contribution in [0, 0.1) is 0 Å². The van der Waals surface area contributed by atoms with Gasteiger partial charge < -0.3 is 22.1 Å². The summed E-state index contributed by atoms with van der Waals surface area (Å²) in [5.74, 6) is -0.688. The molecule has 6 nitrogen and oxygen atoms in total. The van der Waals surface area contributed by atoms with Crippen molar-refractivity contribution in [1.29, 1.82) is 0 Å². The summed E-state index contributed by atoms with van der Waals surface area (Å²) in [5.41, 5.74) is 14.7. The van der Waals surface area contributed by atoms with Gasteiger partial charge in [0.2, 0.25) is 11.8 Å². The zero-order valence-electron chi connectivity index (χ0n) is 16.1. The predicted octanol–water partition coefficient (Wildman–Crippen LogP) is 4.19. The molecule has 0 saturated heterocycles. The minimum Gasteiger partial charge on any atom is -0.402 e. The molecule has 152 valence electrons. The fourth-order valence-corrected chi connectivity index (χ4v) is 3.03. The van der Waals surface area contributed by atoms with E-state index in [0.29, 0.717) is 39.2 Å². The molecule has 2 rings (SSSR count). The molecule has 0 spiro atoms. The zero-order chi connectivity index (χ0) is 21.6. The van der Waals surface area contributed by atoms with E-state index in [4.69, 9.17) is 34.7 Å². The molecular formula is C21H22Cl2N4O2. The Kier molecular flexibility index (Phi) is 7.70. The topological polar surface area (TPSA) is 110 Å². The third-order valence-corrected chi connectivity index (χ3v) is 4.33. The van der Waals surface area contributed by atoms with Crippen molar-refractivity contribution in [1.82, 2.24) is 0 Å². The Balaban J connectivity index is 2.10. The molecule has 0 unspecified atom stereocenters. The third kappa shape index (κ3) is 7.18. The molecule has 0 radical (unpaired) electrons. The lowest BCUT2D eigenvalue weighted by molar-refractivity contribution is -0.112. The number of rotatable bonds is 6. The van der Waals surface area contributed by atoms with Crippen LogP contribution in [0.5, 0.6) is 0 Å². The van der Waals surface area contributed by atoms with Crippen LogP contribution >= 0.6 is 23.2 Å². The molecule has 0 fully saturated rings. The lowest BCUT2D eigenvalue weighted by atomic mass is 10.0. The van der Waals surface area contributed by atoms with Gasteiger partial charge in [-0.3, -0.25) is 9.59 Å². The Morgan fingerprint density at radius 3 is 1.52 bits per heavy atom. The minimum absolute atomic E-state index is 0.344. The average molecular weight is 433 g/mol. The van der Waals surface area contributed by atoms with Crippen molar-refractivity contribution < 1.29 is 9.59 Å². The van der Waals surface area contributed by atoms with E-state index in [1.807, 2.05) is 12.1 Å². The molecule has 0 atom stereocenters. The van der Waals surface area contributed by atoms with Crippen LogP contribution in [0.15, 0.2) is 59.9 Å². The summed E-state index contributed by atoms with van der Waals surface area (Å²) >= 11 is 12.6. The van der Waals surface area contributed by atoms with E-state index in [-0.39, 0.29) is 11.8 Å². The minimum atomic E-state index is -0.344. The Hall–Kier alpha value is -2.96. The van der Waals surface area contributed by atoms with Crippen molar-refractivity contribution >= 4 is 46.4 Å². The van der Waals surface area contributed by atoms with Gasteiger partial charge in [0.1, 0.15) is 0 Å². The van der Waals surface area contributed by atoms with E-state index >= 15 is 0 Å². The Bertz CT molecular complexity index is 913. The second kappa shape index (κ2) is 10.0. The van der Waals surface area contributed by atoms with Crippen molar-refractivity contribution in [2.75, 3.05) is 10.6 Å². The lowest BCUT2D eigenvalue weighted by Gasteiger charge is -2.10. The van der Waals surface area contributed by atoms with E-state index in [2.05, 4.69) is 10.6 Å². The number of amides is 2. The van der Waals surface area contributed by atoms with Crippen LogP contribution in [0.1, 0.15) is 25.0 Å². The van der Waals surface area contributed by atoms with Gasteiger partial charge in [-0.2, -0.15) is 0 Å². The normalized spacial score (nSPS) is 11.9. The number of allylic oxidation sites excluding steroid dienone is 2. The summed E-state index contributed by atoms with van der Waals surface area (Å²) in [6.45, 7) is 3.25. The lowest BCUT2D eigenvalue weighted by Crippen LogP contribution is -2.11. The van der Waals surface area contributed by atoms with Crippen LogP contribution in [0.3, 0.4) is 0 Å². The van der Waals surface area contributed by atoms with Crippen molar-refractivity contribution in [3.05, 3.63) is 81.1 Å². The summed E-state index contributed by atoms with van der Waals surface area (Å²) in [6.07, 6.45) is 3.15. The molecule has 0 aliphatic carbocycles. The van der Waals surface area contributed by atoms with Gasteiger partial charge in [0, 0.05) is 23.5 Å². The van der Waals surface area contributed by atoms with E-state index < -0.39 is 0 Å². The molecule has 0 aliphatic heterocycles. The number of carbonyl (C=O) groups is 2. The summed E-state index contributed by atoms with van der Waals surface area (Å²) in [6, 6.07) is 10.7. The maximum absolute atomic E-state index is 11.8. The first kappa shape index (κ1) is 22.3. The Morgan fingerprint density at radius 1 is 0.828 bits per heavy atom. The Morgan fingerprint density at radius 2 is 1.21 bits per heavy atom. The summed E-state index contributed by atoms with van der Waals surface area (Å²) in [5, 5.41) is 6.19. The predicted molar refractivity (Wildman–Crippen MR) is 119 cm³/mol. The molecule has 0 aromatic heterocycles. The molecule has 2 amide bonds. The molecule has 2 aromatic carbocycles. The molecular weight excluding hydrogens is 411 g/mol. The highest BCUT2D eigenvalue weighted by molar-refractivity contribution is 6.34. The standard InChI is InChI=1S/C21H22Cl2N4O2/c1-12(24)7-20(28)26-18-5-3-14(10-16(18)22)9-15-4-6-19(17(23)11-15)27-21(29)8-13(2)25/h3-8,10-11H,9,24-25H2,1-2H3,(H,26,28)(H,27,29)/b12-7+,13-8+. The first-order valence-electron chi connectivity index (χ1n) is 8.70. The van der Waals surface area contributed by atoms with Gasteiger partial charge in [-0.15, -0.1) is 0 Å². The smallest absolute Gasteiger partial charge is 0.250 e. The van der Waals surface area contributed by atoms with E-state index in [1.165, 1.54) is 12.2 Å². The van der Waals surface area contributed by atoms with Gasteiger partial charge in [-0.25, -0.2) is 0 Å². The maximum Gasteiger partial charge on any atom is 0.250 e. The molecule has 6 N–H and O–H groups in total. The second-order valence-corrected chi connectivity index (χ2v) is 7.37. The number of hydrogen-bond acceptors (Lipinski definition) is 4. The first-order chi connectivity index (χ1) is 13.6. The molecule has 0 bridgehead atoms. The van der Waals surface area contributed by atoms with Gasteiger partial charge in [-0.1, -0.05) is 35.3 Å². The first-order valence-corrected chi connectivity index (χ1v) is 9.46. The van der Waals surface area contributed by atoms with Gasteiger partial charge in [0.15, 0.2) is 0 Å². The highest BCUT2D eigenvalue weighted by atomic mass is 35.5. The summed E-state index contributed by atoms with van der Waals surface area (Å²) < 4.78 is 0. The largest absolute Gasteiger partial charge is 0.402 e. The van der Waals surface area contributed by atoms with E-state index in [0.717, 1.165) is 11.1 Å². The van der Waals surface area contributed by atoms with E-state index in [1.54, 1.807) is 38.1 Å². The van der Waals surface area contributed by atoms with Gasteiger partial charge in [-0.05, 0) is 55.7 Å². The number of nitrogens with one attached hydrogen (secondary N) is 2. The van der Waals surface area contributed by atoms with Crippen LogP contribution < -0.4 is 22.1 Å². The number of nitrogens with two attached hydrogens (primary N) is 2. The average Bonchev–Trinajstić information content (AvgIpc) is 2.58. The van der Waals surface area contributed by atoms with Gasteiger partial charge >= 0.3 is 0 Å². The van der Waals surface area contributed by atoms with Crippen LogP contribution in [-0.2, 0) is 16.0 Å². The highest BCUT2D eigenvalue weighted by Crippen LogP contribution is 2.27. The van der Waals surface area contributed by atoms with Crippen molar-refractivity contribution in [2.24, 2.45) is 11.5 Å². The van der Waals surface area contributed by atoms with Crippen LogP contribution in [0.4, 0.5) is 11.4 Å². The monoisotopic (exact) mass is 432 g/mol. The number of benzene rings is 2. The summed E-state index contributed by atoms with van der Waals surface area (Å²) in [7, 11) is 0. The Labute approximate surface area is 179 Å². The van der Waals surface area contributed by atoms with Gasteiger partial charge in [0.05, 0.1) is 21.4 Å². The molecule has 8 heteroatoms. The van der Waals surface area contributed by atoms with Crippen molar-refractivity contribution in [2.45, 2.75) is 20.3 Å². The van der Waals surface area contributed by atoms with Crippen molar-refractivity contribution in [3.63, 3.8) is 0 Å². The third-order valence-electron chi connectivity index (χ3n) is 3.71. The fraction of sp³-hybridized carbons (Fsp3) is 0.143. The number of hydrogen-bond donors (Lipinski definition) is 4. The van der Waals surface area contributed by atoms with E-state index in [9.17, 15) is 9.59 Å². The highest BCUT2D eigenvalue weighted by Gasteiger charge is 2.08. The number of carbonyl (C=O) groups excluding carboxylic acids is 2. The molecule has 2 aromatic rings. The summed E-state index contributed by atoms with van der Waals surface area (Å²) in [4.78, 5) is 23.5. The molecule has 0 saturated carbocycles. The second-order valence-electron chi connectivity index (χ2n) is 6.56. The van der Waals surface area contributed by atoms with Gasteiger partial charge in [0.25, 0.3) is 0 Å². The van der Waals surface area contributed by atoms with Crippen LogP contribution in [0.25, 0.3) is 0 Å². The quantitative estimate of drug-likeness (QED) is 0.512. The fourth-order valence-electron chi connectivity index (χ4n) is 2.53. The van der Waals surface area contributed by atoms with Crippen LogP contribution in [-0.4, -0.2) is 11.8 Å². The molecule has 0 heterocycles. The zero-order valence-corrected chi connectivity index (χ0v) is 17.6. The van der Waals surface area contributed by atoms with Crippen LogP contribution in [0.2, 0.25) is 10.0 Å². The molecule has 29 heavy (non-hydrogen) atoms. The SMILES string of the molecule is C/C(N)=C\C(=O)Nc1ccc(Cc2ccc(NC(=O)/C=C(\C)N)c(Cl)c2)cc1Cl. The maximum atomic E-state index is 11.8. The van der Waals surface area contributed by atoms with Crippen molar-refractivity contribution in [3.8, 4) is 0 Å². The number of halogens is 2.